The standard InChI is InChI=1S/C17H22ClNO5/c1-17(2,3)24-16(22)19-14(9-13(20)10-18)15(21)23-11-12-7-5-4-6-8-12/h4-8,14H,9-11H2,1-3H3,(H,19,22)/t14-/m0/s1. The summed E-state index contributed by atoms with van der Waals surface area (Å²) in [6.45, 7) is 5.12. The summed E-state index contributed by atoms with van der Waals surface area (Å²) >= 11 is 5.47. The zero-order valence-electron chi connectivity index (χ0n) is 14.0. The Kier molecular flexibility index (Phi) is 7.71. The molecule has 0 aliphatic carbocycles. The second kappa shape index (κ2) is 9.27. The van der Waals surface area contributed by atoms with E-state index in [1.54, 1.807) is 32.9 Å². The molecule has 1 aromatic carbocycles. The Morgan fingerprint density at radius 2 is 1.79 bits per heavy atom. The summed E-state index contributed by atoms with van der Waals surface area (Å²) in [5.41, 5.74) is 0.0736. The smallest absolute Gasteiger partial charge is 0.408 e. The lowest BCUT2D eigenvalue weighted by Crippen LogP contribution is -2.45. The van der Waals surface area contributed by atoms with Gasteiger partial charge in [0.05, 0.1) is 5.88 Å². The van der Waals surface area contributed by atoms with Gasteiger partial charge in [0.2, 0.25) is 0 Å². The molecule has 1 aromatic rings. The number of carbonyl (C=O) groups is 3. The van der Waals surface area contributed by atoms with Crippen LogP contribution < -0.4 is 5.32 Å². The lowest BCUT2D eigenvalue weighted by atomic mass is 10.1. The molecule has 1 atom stereocenters. The number of nitrogens with one attached hydrogen (secondary N) is 1. The number of carbonyl (C=O) groups excluding carboxylic acids is 3. The molecule has 0 fully saturated rings. The molecule has 0 saturated heterocycles. The molecule has 0 radical (unpaired) electrons. The molecule has 0 bridgehead atoms. The SMILES string of the molecule is CC(C)(C)OC(=O)N[C@@H](CC(=O)CCl)C(=O)OCc1ccccc1. The van der Waals surface area contributed by atoms with Gasteiger partial charge in [-0.05, 0) is 26.3 Å². The highest BCUT2D eigenvalue weighted by Crippen LogP contribution is 2.09. The molecule has 24 heavy (non-hydrogen) atoms. The van der Waals surface area contributed by atoms with Gasteiger partial charge in [0.25, 0.3) is 0 Å². The minimum atomic E-state index is -1.14. The monoisotopic (exact) mass is 355 g/mol. The van der Waals surface area contributed by atoms with Gasteiger partial charge in [0.1, 0.15) is 24.0 Å². The molecule has 0 aliphatic rings. The van der Waals surface area contributed by atoms with Gasteiger partial charge in [-0.25, -0.2) is 9.59 Å². The molecular formula is C17H22ClNO5. The third kappa shape index (κ3) is 7.97. The number of alkyl carbamates (subject to hydrolysis) is 1. The number of hydrogen-bond donors (Lipinski definition) is 1. The predicted molar refractivity (Wildman–Crippen MR) is 89.7 cm³/mol. The average molecular weight is 356 g/mol. The van der Waals surface area contributed by atoms with Crippen LogP contribution in [0.2, 0.25) is 0 Å². The zero-order valence-corrected chi connectivity index (χ0v) is 14.8. The number of halogens is 1. The lowest BCUT2D eigenvalue weighted by Gasteiger charge is -2.22. The number of Topliss-reactive ketones (excluding diaryl/α,β-unsaturated/α-hetero) is 1. The first-order valence-electron chi connectivity index (χ1n) is 7.49. The number of ketones is 1. The third-order valence-electron chi connectivity index (χ3n) is 2.78. The van der Waals surface area contributed by atoms with Crippen LogP contribution in [0.15, 0.2) is 30.3 Å². The van der Waals surface area contributed by atoms with Crippen molar-refractivity contribution in [3.63, 3.8) is 0 Å². The van der Waals surface area contributed by atoms with Gasteiger partial charge in [0.15, 0.2) is 0 Å². The minimum absolute atomic E-state index is 0.0429. The molecule has 1 rings (SSSR count). The maximum Gasteiger partial charge on any atom is 0.408 e. The van der Waals surface area contributed by atoms with E-state index in [0.717, 1.165) is 5.56 Å². The molecule has 0 aliphatic heterocycles. The number of amides is 1. The zero-order chi connectivity index (χ0) is 18.2. The molecule has 0 heterocycles. The van der Waals surface area contributed by atoms with E-state index >= 15 is 0 Å². The Hall–Kier alpha value is -2.08. The number of rotatable bonds is 7. The van der Waals surface area contributed by atoms with Gasteiger partial charge in [0, 0.05) is 6.42 Å². The molecule has 132 valence electrons. The Morgan fingerprint density at radius 3 is 2.33 bits per heavy atom. The van der Waals surface area contributed by atoms with Gasteiger partial charge in [-0.1, -0.05) is 30.3 Å². The molecule has 6 nitrogen and oxygen atoms in total. The van der Waals surface area contributed by atoms with Crippen molar-refractivity contribution in [3.05, 3.63) is 35.9 Å². The van der Waals surface area contributed by atoms with Gasteiger partial charge in [-0.2, -0.15) is 0 Å². The summed E-state index contributed by atoms with van der Waals surface area (Å²) in [7, 11) is 0. The number of hydrogen-bond acceptors (Lipinski definition) is 5. The van der Waals surface area contributed by atoms with Crippen molar-refractivity contribution >= 4 is 29.4 Å². The number of benzene rings is 1. The van der Waals surface area contributed by atoms with Crippen LogP contribution in [0.25, 0.3) is 0 Å². The van der Waals surface area contributed by atoms with Gasteiger partial charge in [-0.15, -0.1) is 11.6 Å². The van der Waals surface area contributed by atoms with Gasteiger partial charge in [-0.3, -0.25) is 4.79 Å². The van der Waals surface area contributed by atoms with Gasteiger partial charge >= 0.3 is 12.1 Å². The van der Waals surface area contributed by atoms with Crippen LogP contribution in [0.1, 0.15) is 32.8 Å². The molecule has 0 unspecified atom stereocenters. The van der Waals surface area contributed by atoms with Crippen LogP contribution in [0.5, 0.6) is 0 Å². The quantitative estimate of drug-likeness (QED) is 0.600. The Balaban J connectivity index is 2.67. The molecule has 0 spiro atoms. The second-order valence-electron chi connectivity index (χ2n) is 6.17. The average Bonchev–Trinajstić information content (AvgIpc) is 2.51. The predicted octanol–water partition coefficient (Wildman–Crippen LogP) is 2.82. The fraction of sp³-hybridized carbons (Fsp3) is 0.471. The highest BCUT2D eigenvalue weighted by Gasteiger charge is 2.27. The topological polar surface area (TPSA) is 81.7 Å². The molecule has 0 saturated carbocycles. The largest absolute Gasteiger partial charge is 0.459 e. The van der Waals surface area contributed by atoms with E-state index in [1.807, 2.05) is 18.2 Å². The molecule has 7 heteroatoms. The summed E-state index contributed by atoms with van der Waals surface area (Å²) < 4.78 is 10.3. The van der Waals surface area contributed by atoms with Crippen LogP contribution in [0, 0.1) is 0 Å². The molecule has 1 amide bonds. The van der Waals surface area contributed by atoms with Gasteiger partial charge < -0.3 is 14.8 Å². The van der Waals surface area contributed by atoms with Crippen LogP contribution >= 0.6 is 11.6 Å². The van der Waals surface area contributed by atoms with Crippen LogP contribution in [-0.4, -0.2) is 35.4 Å². The first-order valence-corrected chi connectivity index (χ1v) is 8.02. The Labute approximate surface area is 146 Å². The Morgan fingerprint density at radius 1 is 1.17 bits per heavy atom. The lowest BCUT2D eigenvalue weighted by molar-refractivity contribution is -0.148. The summed E-state index contributed by atoms with van der Waals surface area (Å²) in [4.78, 5) is 35.5. The van der Waals surface area contributed by atoms with Crippen molar-refractivity contribution in [3.8, 4) is 0 Å². The first-order chi connectivity index (χ1) is 11.2. The van der Waals surface area contributed by atoms with Crippen LogP contribution in [0.3, 0.4) is 0 Å². The fourth-order valence-electron chi connectivity index (χ4n) is 1.75. The highest BCUT2D eigenvalue weighted by atomic mass is 35.5. The van der Waals surface area contributed by atoms with Crippen molar-refractivity contribution in [1.29, 1.82) is 0 Å². The number of esters is 1. The van der Waals surface area contributed by atoms with Crippen LogP contribution in [0.4, 0.5) is 4.79 Å². The van der Waals surface area contributed by atoms with Crippen molar-refractivity contribution < 1.29 is 23.9 Å². The molecule has 0 aromatic heterocycles. The maximum atomic E-state index is 12.2. The normalized spacial score (nSPS) is 12.2. The number of ether oxygens (including phenoxy) is 2. The van der Waals surface area contributed by atoms with Crippen LogP contribution in [-0.2, 0) is 25.7 Å². The van der Waals surface area contributed by atoms with Crippen molar-refractivity contribution in [1.82, 2.24) is 5.32 Å². The highest BCUT2D eigenvalue weighted by molar-refractivity contribution is 6.27. The third-order valence-corrected chi connectivity index (χ3v) is 3.08. The van der Waals surface area contributed by atoms with E-state index in [4.69, 9.17) is 21.1 Å². The van der Waals surface area contributed by atoms with E-state index in [1.165, 1.54) is 0 Å². The molecular weight excluding hydrogens is 334 g/mol. The number of alkyl halides is 1. The first kappa shape index (κ1) is 20.0. The summed E-state index contributed by atoms with van der Waals surface area (Å²) in [5, 5.41) is 2.36. The van der Waals surface area contributed by atoms with E-state index in [-0.39, 0.29) is 24.7 Å². The Bertz CT molecular complexity index is 568. The minimum Gasteiger partial charge on any atom is -0.459 e. The van der Waals surface area contributed by atoms with Crippen molar-refractivity contribution in [2.75, 3.05) is 5.88 Å². The summed E-state index contributed by atoms with van der Waals surface area (Å²) in [6.07, 6.45) is -1.05. The van der Waals surface area contributed by atoms with Crippen molar-refractivity contribution in [2.45, 2.75) is 45.4 Å². The van der Waals surface area contributed by atoms with Crippen molar-refractivity contribution in [2.24, 2.45) is 0 Å². The molecule has 1 N–H and O–H groups in total. The summed E-state index contributed by atoms with van der Waals surface area (Å²) in [6, 6.07) is 7.93. The van der Waals surface area contributed by atoms with E-state index in [0.29, 0.717) is 0 Å². The van der Waals surface area contributed by atoms with E-state index < -0.39 is 23.7 Å². The summed E-state index contributed by atoms with van der Waals surface area (Å²) in [5.74, 6) is -1.35. The van der Waals surface area contributed by atoms with E-state index in [2.05, 4.69) is 5.32 Å². The fourth-order valence-corrected chi connectivity index (χ4v) is 1.86. The maximum absolute atomic E-state index is 12.2. The van der Waals surface area contributed by atoms with E-state index in [9.17, 15) is 14.4 Å². The second-order valence-corrected chi connectivity index (χ2v) is 6.44.